The van der Waals surface area contributed by atoms with Gasteiger partial charge in [-0.2, -0.15) is 4.98 Å². The maximum atomic E-state index is 11.5. The Morgan fingerprint density at radius 2 is 1.93 bits per heavy atom. The number of nitrogens with two attached hydrogens (primary N) is 1. The van der Waals surface area contributed by atoms with Crippen LogP contribution in [0.2, 0.25) is 0 Å². The number of anilines is 4. The van der Waals surface area contributed by atoms with Crippen LogP contribution in [-0.2, 0) is 4.79 Å². The third-order valence-electron chi connectivity index (χ3n) is 5.00. The molecule has 5 N–H and O–H groups in total. The van der Waals surface area contributed by atoms with Gasteiger partial charge in [-0.15, -0.1) is 0 Å². The molecule has 0 saturated carbocycles. The van der Waals surface area contributed by atoms with Gasteiger partial charge < -0.3 is 26.4 Å². The number of carbonyl (C=O) groups excluding carboxylic acids is 1. The van der Waals surface area contributed by atoms with Gasteiger partial charge in [-0.25, -0.2) is 4.98 Å². The lowest BCUT2D eigenvalue weighted by atomic mass is 10.0. The molecule has 8 nitrogen and oxygen atoms in total. The van der Waals surface area contributed by atoms with Gasteiger partial charge in [0.15, 0.2) is 6.61 Å². The number of aryl methyl sites for hydroxylation is 1. The van der Waals surface area contributed by atoms with E-state index in [1.54, 1.807) is 0 Å². The molecular weight excluding hydrogens is 380 g/mol. The lowest BCUT2D eigenvalue weighted by molar-refractivity contribution is -0.118. The van der Waals surface area contributed by atoms with E-state index in [0.717, 1.165) is 16.9 Å². The number of aromatic nitrogens is 2. The molecule has 1 aliphatic rings. The Balaban J connectivity index is 1.39. The molecule has 0 radical (unpaired) electrons. The highest BCUT2D eigenvalue weighted by atomic mass is 16.5. The third-order valence-corrected chi connectivity index (χ3v) is 5.00. The Labute approximate surface area is 174 Å². The topological polar surface area (TPSA) is 114 Å². The minimum absolute atomic E-state index is 0.0514. The summed E-state index contributed by atoms with van der Waals surface area (Å²) in [5.74, 6) is 1.43. The molecule has 2 aromatic carbocycles. The standard InChI is InChI=1S/C22H24N6O2/c1-13-4-3-5-16(14(13)2)17-11-20(28-22(23)27-17)25-9-8-24-15-6-7-19-18(10-15)26-21(29)12-30-19/h3-7,10-11,24H,8-9,12H2,1-2H3,(H,26,29)(H3,23,25,27,28). The van der Waals surface area contributed by atoms with Gasteiger partial charge in [-0.3, -0.25) is 4.79 Å². The van der Waals surface area contributed by atoms with Crippen LogP contribution in [0.4, 0.5) is 23.1 Å². The minimum atomic E-state index is -0.151. The van der Waals surface area contributed by atoms with Crippen molar-refractivity contribution in [3.63, 3.8) is 0 Å². The van der Waals surface area contributed by atoms with Crippen LogP contribution in [-0.4, -0.2) is 35.6 Å². The predicted octanol–water partition coefficient (Wildman–Crippen LogP) is 3.20. The molecule has 4 rings (SSSR count). The maximum absolute atomic E-state index is 11.5. The number of nitrogens with one attached hydrogen (secondary N) is 3. The minimum Gasteiger partial charge on any atom is -0.482 e. The van der Waals surface area contributed by atoms with E-state index in [4.69, 9.17) is 10.5 Å². The quantitative estimate of drug-likeness (QED) is 0.467. The van der Waals surface area contributed by atoms with Crippen LogP contribution in [0, 0.1) is 13.8 Å². The van der Waals surface area contributed by atoms with Crippen molar-refractivity contribution in [3.05, 3.63) is 53.6 Å². The number of fused-ring (bicyclic) bond motifs is 1. The Hall–Kier alpha value is -3.81. The van der Waals surface area contributed by atoms with Crippen molar-refractivity contribution < 1.29 is 9.53 Å². The predicted molar refractivity (Wildman–Crippen MR) is 119 cm³/mol. The van der Waals surface area contributed by atoms with Gasteiger partial charge >= 0.3 is 0 Å². The number of hydrogen-bond donors (Lipinski definition) is 4. The molecule has 0 spiro atoms. The summed E-state index contributed by atoms with van der Waals surface area (Å²) < 4.78 is 5.37. The van der Waals surface area contributed by atoms with Gasteiger partial charge in [0.2, 0.25) is 5.95 Å². The highest BCUT2D eigenvalue weighted by Gasteiger charge is 2.15. The fourth-order valence-electron chi connectivity index (χ4n) is 3.31. The molecule has 154 valence electrons. The zero-order chi connectivity index (χ0) is 21.1. The van der Waals surface area contributed by atoms with Crippen molar-refractivity contribution in [1.82, 2.24) is 9.97 Å². The van der Waals surface area contributed by atoms with Gasteiger partial charge in [0.05, 0.1) is 11.4 Å². The number of nitrogens with zero attached hydrogens (tertiary/aromatic N) is 2. The van der Waals surface area contributed by atoms with Crippen molar-refractivity contribution in [3.8, 4) is 17.0 Å². The molecule has 0 saturated heterocycles. The van der Waals surface area contributed by atoms with Gasteiger partial charge in [0, 0.05) is 30.4 Å². The molecule has 30 heavy (non-hydrogen) atoms. The summed E-state index contributed by atoms with van der Waals surface area (Å²) in [6.07, 6.45) is 0. The second kappa shape index (κ2) is 8.28. The van der Waals surface area contributed by atoms with E-state index < -0.39 is 0 Å². The van der Waals surface area contributed by atoms with E-state index >= 15 is 0 Å². The number of hydrogen-bond acceptors (Lipinski definition) is 7. The SMILES string of the molecule is Cc1cccc(-c2cc(NCCNc3ccc4c(c3)NC(=O)CO4)nc(N)n2)c1C. The summed E-state index contributed by atoms with van der Waals surface area (Å²) in [5.41, 5.74) is 11.7. The third kappa shape index (κ3) is 4.27. The lowest BCUT2D eigenvalue weighted by Gasteiger charge is -2.19. The maximum Gasteiger partial charge on any atom is 0.262 e. The highest BCUT2D eigenvalue weighted by Crippen LogP contribution is 2.30. The zero-order valence-electron chi connectivity index (χ0n) is 17.0. The molecule has 2 heterocycles. The number of carbonyl (C=O) groups is 1. The van der Waals surface area contributed by atoms with Crippen LogP contribution in [0.5, 0.6) is 5.75 Å². The highest BCUT2D eigenvalue weighted by molar-refractivity contribution is 5.96. The number of amides is 1. The van der Waals surface area contributed by atoms with Crippen LogP contribution in [0.3, 0.4) is 0 Å². The fourth-order valence-corrected chi connectivity index (χ4v) is 3.31. The summed E-state index contributed by atoms with van der Waals surface area (Å²) in [6, 6.07) is 13.6. The molecule has 0 unspecified atom stereocenters. The number of ether oxygens (including phenoxy) is 1. The van der Waals surface area contributed by atoms with Crippen molar-refractivity contribution in [2.45, 2.75) is 13.8 Å². The van der Waals surface area contributed by atoms with E-state index in [1.807, 2.05) is 36.4 Å². The van der Waals surface area contributed by atoms with Gasteiger partial charge in [0.25, 0.3) is 5.91 Å². The largest absolute Gasteiger partial charge is 0.482 e. The van der Waals surface area contributed by atoms with Crippen LogP contribution in [0.15, 0.2) is 42.5 Å². The molecule has 0 aliphatic carbocycles. The van der Waals surface area contributed by atoms with E-state index in [-0.39, 0.29) is 18.5 Å². The number of rotatable bonds is 6. The summed E-state index contributed by atoms with van der Waals surface area (Å²) in [4.78, 5) is 20.1. The molecule has 0 fully saturated rings. The summed E-state index contributed by atoms with van der Waals surface area (Å²) in [5, 5.41) is 9.40. The van der Waals surface area contributed by atoms with Crippen molar-refractivity contribution in [1.29, 1.82) is 0 Å². The molecule has 1 aliphatic heterocycles. The smallest absolute Gasteiger partial charge is 0.262 e. The first kappa shape index (κ1) is 19.5. The first-order chi connectivity index (χ1) is 14.5. The van der Waals surface area contributed by atoms with E-state index in [0.29, 0.717) is 30.3 Å². The van der Waals surface area contributed by atoms with E-state index in [2.05, 4.69) is 45.8 Å². The molecule has 8 heteroatoms. The Morgan fingerprint density at radius 1 is 1.10 bits per heavy atom. The molecule has 1 amide bonds. The zero-order valence-corrected chi connectivity index (χ0v) is 17.0. The monoisotopic (exact) mass is 404 g/mol. The van der Waals surface area contributed by atoms with Crippen LogP contribution in [0.25, 0.3) is 11.3 Å². The van der Waals surface area contributed by atoms with Crippen LogP contribution >= 0.6 is 0 Å². The summed E-state index contributed by atoms with van der Waals surface area (Å²) in [6.45, 7) is 5.48. The molecule has 0 bridgehead atoms. The molecule has 3 aromatic rings. The second-order valence-corrected chi connectivity index (χ2v) is 7.15. The number of benzene rings is 2. The summed E-state index contributed by atoms with van der Waals surface area (Å²) in [7, 11) is 0. The normalized spacial score (nSPS) is 12.5. The average Bonchev–Trinajstić information content (AvgIpc) is 2.72. The van der Waals surface area contributed by atoms with Crippen molar-refractivity contribution in [2.75, 3.05) is 41.4 Å². The molecular formula is C22H24N6O2. The molecule has 0 atom stereocenters. The second-order valence-electron chi connectivity index (χ2n) is 7.15. The first-order valence-corrected chi connectivity index (χ1v) is 9.75. The van der Waals surface area contributed by atoms with Crippen LogP contribution in [0.1, 0.15) is 11.1 Å². The number of nitrogen functional groups attached to an aromatic ring is 1. The van der Waals surface area contributed by atoms with Gasteiger partial charge in [-0.1, -0.05) is 18.2 Å². The van der Waals surface area contributed by atoms with Crippen molar-refractivity contribution >= 4 is 29.0 Å². The molecule has 1 aromatic heterocycles. The average molecular weight is 404 g/mol. The van der Waals surface area contributed by atoms with Gasteiger partial charge in [0.1, 0.15) is 11.6 Å². The van der Waals surface area contributed by atoms with Crippen molar-refractivity contribution in [2.24, 2.45) is 0 Å². The van der Waals surface area contributed by atoms with E-state index in [1.165, 1.54) is 11.1 Å². The Bertz CT molecular complexity index is 1100. The summed E-state index contributed by atoms with van der Waals surface area (Å²) >= 11 is 0. The fraction of sp³-hybridized carbons (Fsp3) is 0.227. The van der Waals surface area contributed by atoms with Gasteiger partial charge in [-0.05, 0) is 43.2 Å². The Kier molecular flexibility index (Phi) is 5.38. The first-order valence-electron chi connectivity index (χ1n) is 9.75. The Morgan fingerprint density at radius 3 is 2.80 bits per heavy atom. The lowest BCUT2D eigenvalue weighted by Crippen LogP contribution is -2.25. The van der Waals surface area contributed by atoms with E-state index in [9.17, 15) is 4.79 Å². The van der Waals surface area contributed by atoms with Crippen LogP contribution < -0.4 is 26.4 Å².